The molecule has 3 aromatic rings. The van der Waals surface area contributed by atoms with Crippen molar-refractivity contribution in [1.82, 2.24) is 15.0 Å². The van der Waals surface area contributed by atoms with Gasteiger partial charge < -0.3 is 19.1 Å². The summed E-state index contributed by atoms with van der Waals surface area (Å²) in [5.41, 5.74) is 0.162. The molecule has 0 saturated carbocycles. The molecule has 0 spiro atoms. The molecular weight excluding hydrogens is 577 g/mol. The summed E-state index contributed by atoms with van der Waals surface area (Å²) in [6, 6.07) is 5.73. The summed E-state index contributed by atoms with van der Waals surface area (Å²) >= 11 is 6.56. The molecule has 3 aliphatic rings. The van der Waals surface area contributed by atoms with E-state index in [0.717, 1.165) is 31.5 Å². The fourth-order valence-electron chi connectivity index (χ4n) is 5.39. The summed E-state index contributed by atoms with van der Waals surface area (Å²) in [6.07, 6.45) is -0.294. The average molecular weight is 605 g/mol. The van der Waals surface area contributed by atoms with E-state index in [9.17, 15) is 18.0 Å². The smallest absolute Gasteiger partial charge is 0.416 e. The van der Waals surface area contributed by atoms with Gasteiger partial charge in [0.05, 0.1) is 47.0 Å². The minimum Gasteiger partial charge on any atom is -0.488 e. The zero-order valence-corrected chi connectivity index (χ0v) is 23.6. The van der Waals surface area contributed by atoms with Gasteiger partial charge in [-0.2, -0.15) is 13.2 Å². The number of nitrogens with zero attached hydrogens (tertiary/aromatic N) is 5. The lowest BCUT2D eigenvalue weighted by atomic mass is 9.99. The number of ether oxygens (including phenoxy) is 3. The van der Waals surface area contributed by atoms with Crippen LogP contribution >= 0.6 is 11.6 Å². The number of hydrogen-bond donors (Lipinski definition) is 1. The fraction of sp³-hybridized carbons (Fsp3) is 0.429. The summed E-state index contributed by atoms with van der Waals surface area (Å²) in [7, 11) is 0. The highest BCUT2D eigenvalue weighted by Gasteiger charge is 2.39. The average Bonchev–Trinajstić information content (AvgIpc) is 3.31. The van der Waals surface area contributed by atoms with Gasteiger partial charge in [0.25, 0.3) is 0 Å². The second-order valence-corrected chi connectivity index (χ2v) is 11.2. The van der Waals surface area contributed by atoms with Crippen LogP contribution in [0.25, 0.3) is 11.3 Å². The molecule has 0 aliphatic carbocycles. The van der Waals surface area contributed by atoms with Crippen LogP contribution in [0.15, 0.2) is 42.7 Å². The van der Waals surface area contributed by atoms with Crippen LogP contribution in [-0.2, 0) is 15.7 Å². The van der Waals surface area contributed by atoms with E-state index in [4.69, 9.17) is 25.8 Å². The van der Waals surface area contributed by atoms with Crippen molar-refractivity contribution in [2.75, 3.05) is 41.4 Å². The van der Waals surface area contributed by atoms with E-state index in [2.05, 4.69) is 25.2 Å². The van der Waals surface area contributed by atoms with Gasteiger partial charge in [0.1, 0.15) is 12.7 Å². The Hall–Kier alpha value is -3.68. The normalized spacial score (nSPS) is 21.2. The van der Waals surface area contributed by atoms with E-state index in [1.165, 1.54) is 29.4 Å². The Labute approximate surface area is 244 Å². The van der Waals surface area contributed by atoms with Crippen molar-refractivity contribution in [1.29, 1.82) is 0 Å². The summed E-state index contributed by atoms with van der Waals surface area (Å²) in [4.78, 5) is 30.3. The summed E-state index contributed by atoms with van der Waals surface area (Å²) in [6.45, 7) is 5.64. The molecule has 6 rings (SSSR count). The van der Waals surface area contributed by atoms with Crippen LogP contribution in [0.5, 0.6) is 5.75 Å². The van der Waals surface area contributed by atoms with Gasteiger partial charge in [0.15, 0.2) is 17.4 Å². The van der Waals surface area contributed by atoms with E-state index >= 15 is 0 Å². The van der Waals surface area contributed by atoms with Crippen molar-refractivity contribution < 1.29 is 32.2 Å². The topological polar surface area (TPSA) is 102 Å². The third kappa shape index (κ3) is 5.81. The molecule has 0 radical (unpaired) electrons. The number of rotatable bonds is 5. The Bertz CT molecular complexity index is 1490. The number of carbonyl (C=O) groups excluding carboxylic acids is 1. The first-order valence-corrected chi connectivity index (χ1v) is 13.8. The first-order valence-electron chi connectivity index (χ1n) is 13.5. The summed E-state index contributed by atoms with van der Waals surface area (Å²) in [5.74, 6) is 0.104. The van der Waals surface area contributed by atoms with Crippen molar-refractivity contribution in [3.05, 3.63) is 53.3 Å². The van der Waals surface area contributed by atoms with Crippen LogP contribution in [0.1, 0.15) is 32.3 Å². The van der Waals surface area contributed by atoms with E-state index in [1.54, 1.807) is 6.07 Å². The van der Waals surface area contributed by atoms with Gasteiger partial charge >= 0.3 is 12.2 Å². The number of urea groups is 1. The Morgan fingerprint density at radius 2 is 2.02 bits per heavy atom. The second kappa shape index (κ2) is 10.9. The summed E-state index contributed by atoms with van der Waals surface area (Å²) in [5, 5.41) is 2.91. The van der Waals surface area contributed by atoms with Crippen molar-refractivity contribution in [2.45, 2.75) is 50.8 Å². The maximum absolute atomic E-state index is 13.6. The van der Waals surface area contributed by atoms with E-state index < -0.39 is 23.6 Å². The molecule has 222 valence electrons. The predicted octanol–water partition coefficient (Wildman–Crippen LogP) is 5.76. The monoisotopic (exact) mass is 604 g/mol. The Balaban J connectivity index is 1.23. The molecule has 2 amide bonds. The number of anilines is 3. The van der Waals surface area contributed by atoms with Gasteiger partial charge in [-0.05, 0) is 44.9 Å². The highest BCUT2D eigenvalue weighted by atomic mass is 35.5. The molecule has 42 heavy (non-hydrogen) atoms. The zero-order valence-electron chi connectivity index (χ0n) is 22.8. The standard InChI is InChI=1S/C28H28ClF3N6O4/c1-27(2)41-15-20(42-27)14-40-19-11-33-25(34-12-19)36-26(39)38-18-7-4-8-37(13-18)22-10-21(29)23(35-24(22)38)16-5-3-6-17(9-16)28(30,31)32/h3,5-6,9-12,18,20H,4,7-8,13-15H2,1-2H3,(H,33,34,36,39)/t18-,20+/m0/s1. The number of benzene rings is 1. The molecular formula is C28H28ClF3N6O4. The number of nitrogens with one attached hydrogen (secondary N) is 1. The number of alkyl halides is 3. The lowest BCUT2D eigenvalue weighted by molar-refractivity contribution is -0.141. The molecule has 2 aromatic heterocycles. The number of carbonyl (C=O) groups is 1. The number of fused-ring (bicyclic) bond motifs is 4. The number of aromatic nitrogens is 3. The number of pyridine rings is 1. The minimum atomic E-state index is -4.53. The van der Waals surface area contributed by atoms with Crippen molar-refractivity contribution in [2.24, 2.45) is 0 Å². The Morgan fingerprint density at radius 1 is 1.24 bits per heavy atom. The Kier molecular flexibility index (Phi) is 7.36. The van der Waals surface area contributed by atoms with Gasteiger partial charge in [-0.1, -0.05) is 23.7 Å². The minimum absolute atomic E-state index is 0.0563. The number of hydrogen-bond acceptors (Lipinski definition) is 8. The number of halogens is 4. The second-order valence-electron chi connectivity index (χ2n) is 10.8. The van der Waals surface area contributed by atoms with Gasteiger partial charge in [-0.3, -0.25) is 10.2 Å². The molecule has 3 aliphatic heterocycles. The number of piperidine rings is 1. The first kappa shape index (κ1) is 28.4. The van der Waals surface area contributed by atoms with Crippen LogP contribution in [0.2, 0.25) is 5.02 Å². The summed E-state index contributed by atoms with van der Waals surface area (Å²) < 4.78 is 57.2. The highest BCUT2D eigenvalue weighted by Crippen LogP contribution is 2.43. The molecule has 1 N–H and O–H groups in total. The van der Waals surface area contributed by atoms with Crippen molar-refractivity contribution in [3.8, 4) is 17.0 Å². The van der Waals surface area contributed by atoms with Gasteiger partial charge in [-0.15, -0.1) is 0 Å². The van der Waals surface area contributed by atoms with Crippen molar-refractivity contribution >= 4 is 35.1 Å². The third-order valence-electron chi connectivity index (χ3n) is 7.30. The van der Waals surface area contributed by atoms with Gasteiger partial charge in [-0.25, -0.2) is 19.7 Å². The lowest BCUT2D eigenvalue weighted by Gasteiger charge is -2.45. The third-order valence-corrected chi connectivity index (χ3v) is 7.59. The zero-order chi connectivity index (χ0) is 29.6. The highest BCUT2D eigenvalue weighted by molar-refractivity contribution is 6.33. The molecule has 2 atom stereocenters. The van der Waals surface area contributed by atoms with Crippen LogP contribution in [-0.4, -0.2) is 65.2 Å². The molecule has 2 saturated heterocycles. The maximum Gasteiger partial charge on any atom is 0.416 e. The fourth-order valence-corrected chi connectivity index (χ4v) is 5.64. The largest absolute Gasteiger partial charge is 0.488 e. The van der Waals surface area contributed by atoms with E-state index in [0.29, 0.717) is 30.4 Å². The molecule has 5 heterocycles. The quantitative estimate of drug-likeness (QED) is 0.392. The van der Waals surface area contributed by atoms with Crippen LogP contribution in [0, 0.1) is 0 Å². The first-order chi connectivity index (χ1) is 20.0. The predicted molar refractivity (Wildman–Crippen MR) is 149 cm³/mol. The molecule has 14 heteroatoms. The van der Waals surface area contributed by atoms with Crippen LogP contribution < -0.4 is 19.9 Å². The molecule has 10 nitrogen and oxygen atoms in total. The van der Waals surface area contributed by atoms with E-state index in [-0.39, 0.29) is 41.0 Å². The molecule has 0 unspecified atom stereocenters. The molecule has 2 fully saturated rings. The van der Waals surface area contributed by atoms with Crippen LogP contribution in [0.3, 0.4) is 0 Å². The Morgan fingerprint density at radius 3 is 2.74 bits per heavy atom. The molecule has 1 aromatic carbocycles. The molecule has 2 bridgehead atoms. The lowest BCUT2D eigenvalue weighted by Crippen LogP contribution is -2.56. The number of amides is 2. The SMILES string of the molecule is CC1(C)OC[C@@H](COc2cnc(NC(=O)N3c4nc(-c5cccc(C(F)(F)F)c5)c(Cl)cc4N4CCC[C@H]3C4)nc2)O1. The van der Waals surface area contributed by atoms with E-state index in [1.807, 2.05) is 13.8 Å². The van der Waals surface area contributed by atoms with Gasteiger partial charge in [0.2, 0.25) is 5.95 Å². The maximum atomic E-state index is 13.6. The van der Waals surface area contributed by atoms with Crippen LogP contribution in [0.4, 0.5) is 35.4 Å². The van der Waals surface area contributed by atoms with Gasteiger partial charge in [0, 0.05) is 18.7 Å². The van der Waals surface area contributed by atoms with Crippen molar-refractivity contribution in [3.63, 3.8) is 0 Å².